The van der Waals surface area contributed by atoms with Crippen LogP contribution in [0.3, 0.4) is 0 Å². The van der Waals surface area contributed by atoms with Crippen LogP contribution in [-0.4, -0.2) is 43.8 Å². The van der Waals surface area contributed by atoms with Crippen molar-refractivity contribution in [3.05, 3.63) is 0 Å². The van der Waals surface area contributed by atoms with Crippen molar-refractivity contribution in [1.29, 1.82) is 0 Å². The molecule has 0 bridgehead atoms. The van der Waals surface area contributed by atoms with Gasteiger partial charge in [-0.15, -0.1) is 0 Å². The van der Waals surface area contributed by atoms with E-state index in [1.54, 1.807) is 0 Å². The fourth-order valence-corrected chi connectivity index (χ4v) is 2.52. The Labute approximate surface area is 100 Å². The summed E-state index contributed by atoms with van der Waals surface area (Å²) in [5, 5.41) is 0. The minimum absolute atomic E-state index is 0.573. The van der Waals surface area contributed by atoms with Gasteiger partial charge in [-0.3, -0.25) is 4.90 Å². The lowest BCUT2D eigenvalue weighted by Gasteiger charge is -2.39. The van der Waals surface area contributed by atoms with Crippen molar-refractivity contribution in [2.24, 2.45) is 11.7 Å². The molecule has 0 aromatic heterocycles. The summed E-state index contributed by atoms with van der Waals surface area (Å²) >= 11 is 0. The lowest BCUT2D eigenvalue weighted by atomic mass is 9.91. The minimum Gasteiger partial charge on any atom is -0.380 e. The third kappa shape index (κ3) is 4.40. The molecule has 1 fully saturated rings. The Balaban J connectivity index is 2.18. The van der Waals surface area contributed by atoms with E-state index in [1.807, 2.05) is 0 Å². The molecule has 0 spiro atoms. The van der Waals surface area contributed by atoms with E-state index in [0.29, 0.717) is 6.04 Å². The molecular formula is C13H28N2O. The summed E-state index contributed by atoms with van der Waals surface area (Å²) in [7, 11) is 0. The Morgan fingerprint density at radius 3 is 2.88 bits per heavy atom. The van der Waals surface area contributed by atoms with Gasteiger partial charge in [-0.2, -0.15) is 0 Å². The van der Waals surface area contributed by atoms with Gasteiger partial charge in [-0.25, -0.2) is 0 Å². The molecule has 0 aromatic carbocycles. The number of piperidine rings is 1. The fourth-order valence-electron chi connectivity index (χ4n) is 2.52. The van der Waals surface area contributed by atoms with Gasteiger partial charge in [0.2, 0.25) is 0 Å². The van der Waals surface area contributed by atoms with Crippen molar-refractivity contribution in [1.82, 2.24) is 4.90 Å². The number of unbranched alkanes of at least 4 members (excludes halogenated alkanes) is 1. The molecule has 2 N–H and O–H groups in total. The van der Waals surface area contributed by atoms with Crippen molar-refractivity contribution in [2.75, 3.05) is 32.8 Å². The molecule has 1 aliphatic heterocycles. The van der Waals surface area contributed by atoms with Gasteiger partial charge in [-0.1, -0.05) is 20.3 Å². The monoisotopic (exact) mass is 228 g/mol. The molecule has 0 amide bonds. The highest BCUT2D eigenvalue weighted by atomic mass is 16.5. The zero-order chi connectivity index (χ0) is 11.8. The number of likely N-dealkylation sites (tertiary alicyclic amines) is 1. The summed E-state index contributed by atoms with van der Waals surface area (Å²) < 4.78 is 5.62. The van der Waals surface area contributed by atoms with E-state index < -0.39 is 0 Å². The molecule has 0 aromatic rings. The molecule has 0 saturated carbocycles. The maximum Gasteiger partial charge on any atom is 0.0593 e. The Morgan fingerprint density at radius 1 is 1.38 bits per heavy atom. The van der Waals surface area contributed by atoms with Gasteiger partial charge >= 0.3 is 0 Å². The maximum absolute atomic E-state index is 5.85. The zero-order valence-electron chi connectivity index (χ0n) is 11.0. The number of hydrogen-bond acceptors (Lipinski definition) is 3. The largest absolute Gasteiger partial charge is 0.380 e. The molecule has 0 radical (unpaired) electrons. The number of ether oxygens (including phenoxy) is 1. The minimum atomic E-state index is 0.573. The molecule has 1 heterocycles. The van der Waals surface area contributed by atoms with E-state index in [9.17, 15) is 0 Å². The summed E-state index contributed by atoms with van der Waals surface area (Å²) in [5.41, 5.74) is 5.85. The van der Waals surface area contributed by atoms with Crippen LogP contribution in [0, 0.1) is 5.92 Å². The van der Waals surface area contributed by atoms with Crippen LogP contribution in [0.15, 0.2) is 0 Å². The summed E-state index contributed by atoms with van der Waals surface area (Å²) in [6.45, 7) is 9.33. The van der Waals surface area contributed by atoms with Crippen LogP contribution in [0.2, 0.25) is 0 Å². The first-order valence-electron chi connectivity index (χ1n) is 6.81. The predicted molar refractivity (Wildman–Crippen MR) is 68.5 cm³/mol. The van der Waals surface area contributed by atoms with Gasteiger partial charge in [0.1, 0.15) is 0 Å². The number of rotatable bonds is 7. The predicted octanol–water partition coefficient (Wildman–Crippen LogP) is 1.86. The van der Waals surface area contributed by atoms with Crippen LogP contribution in [0.5, 0.6) is 0 Å². The topological polar surface area (TPSA) is 38.5 Å². The Morgan fingerprint density at radius 2 is 2.19 bits per heavy atom. The Hall–Kier alpha value is -0.120. The third-order valence-corrected chi connectivity index (χ3v) is 3.64. The first-order chi connectivity index (χ1) is 7.79. The van der Waals surface area contributed by atoms with Gasteiger partial charge < -0.3 is 10.5 Å². The molecule has 2 unspecified atom stereocenters. The standard InChI is InChI=1S/C13H28N2O/c1-3-4-9-16-10-8-15-7-5-6-12(2)13(15)11-14/h12-13H,3-11,14H2,1-2H3. The Kier molecular flexibility index (Phi) is 7.01. The van der Waals surface area contributed by atoms with Gasteiger partial charge in [0, 0.05) is 25.7 Å². The van der Waals surface area contributed by atoms with Crippen LogP contribution >= 0.6 is 0 Å². The summed E-state index contributed by atoms with van der Waals surface area (Å²) in [6, 6.07) is 0.573. The summed E-state index contributed by atoms with van der Waals surface area (Å²) in [6.07, 6.45) is 5.03. The molecule has 96 valence electrons. The summed E-state index contributed by atoms with van der Waals surface area (Å²) in [4.78, 5) is 2.51. The molecule has 0 aliphatic carbocycles. The molecule has 16 heavy (non-hydrogen) atoms. The van der Waals surface area contributed by atoms with Gasteiger partial charge in [-0.05, 0) is 31.7 Å². The maximum atomic E-state index is 5.85. The van der Waals surface area contributed by atoms with Crippen molar-refractivity contribution in [2.45, 2.75) is 45.6 Å². The van der Waals surface area contributed by atoms with E-state index in [1.165, 1.54) is 32.2 Å². The second kappa shape index (κ2) is 8.04. The fraction of sp³-hybridized carbons (Fsp3) is 1.00. The molecule has 3 heteroatoms. The van der Waals surface area contributed by atoms with Crippen molar-refractivity contribution >= 4 is 0 Å². The molecule has 3 nitrogen and oxygen atoms in total. The first-order valence-corrected chi connectivity index (χ1v) is 6.81. The quantitative estimate of drug-likeness (QED) is 0.676. The first kappa shape index (κ1) is 13.9. The molecule has 1 aliphatic rings. The van der Waals surface area contributed by atoms with Crippen molar-refractivity contribution in [3.63, 3.8) is 0 Å². The lowest BCUT2D eigenvalue weighted by molar-refractivity contribution is 0.0537. The van der Waals surface area contributed by atoms with E-state index in [4.69, 9.17) is 10.5 Å². The highest BCUT2D eigenvalue weighted by Crippen LogP contribution is 2.21. The second-order valence-electron chi connectivity index (χ2n) is 4.92. The second-order valence-corrected chi connectivity index (χ2v) is 4.92. The van der Waals surface area contributed by atoms with Gasteiger partial charge in [0.15, 0.2) is 0 Å². The summed E-state index contributed by atoms with van der Waals surface area (Å²) in [5.74, 6) is 0.745. The van der Waals surface area contributed by atoms with E-state index in [2.05, 4.69) is 18.7 Å². The van der Waals surface area contributed by atoms with E-state index in [-0.39, 0.29) is 0 Å². The van der Waals surface area contributed by atoms with Gasteiger partial charge in [0.05, 0.1) is 6.61 Å². The average molecular weight is 228 g/mol. The molecule has 2 atom stereocenters. The average Bonchev–Trinajstić information content (AvgIpc) is 2.29. The van der Waals surface area contributed by atoms with E-state index in [0.717, 1.165) is 32.2 Å². The van der Waals surface area contributed by atoms with Crippen molar-refractivity contribution in [3.8, 4) is 0 Å². The third-order valence-electron chi connectivity index (χ3n) is 3.64. The normalized spacial score (nSPS) is 27.2. The molecule has 1 rings (SSSR count). The van der Waals surface area contributed by atoms with Crippen molar-refractivity contribution < 1.29 is 4.74 Å². The van der Waals surface area contributed by atoms with Crippen LogP contribution in [0.25, 0.3) is 0 Å². The molecule has 1 saturated heterocycles. The van der Waals surface area contributed by atoms with Crippen LogP contribution in [0.4, 0.5) is 0 Å². The smallest absolute Gasteiger partial charge is 0.0593 e. The SMILES string of the molecule is CCCCOCCN1CCCC(C)C1CN. The number of hydrogen-bond donors (Lipinski definition) is 1. The highest BCUT2D eigenvalue weighted by molar-refractivity contribution is 4.82. The van der Waals surface area contributed by atoms with Crippen LogP contribution in [0.1, 0.15) is 39.5 Å². The zero-order valence-corrected chi connectivity index (χ0v) is 11.0. The van der Waals surface area contributed by atoms with E-state index >= 15 is 0 Å². The van der Waals surface area contributed by atoms with Crippen LogP contribution < -0.4 is 5.73 Å². The number of nitrogens with zero attached hydrogens (tertiary/aromatic N) is 1. The van der Waals surface area contributed by atoms with Crippen LogP contribution in [-0.2, 0) is 4.74 Å². The number of nitrogens with two attached hydrogens (primary N) is 1. The molecular weight excluding hydrogens is 200 g/mol. The lowest BCUT2D eigenvalue weighted by Crippen LogP contribution is -2.49. The highest BCUT2D eigenvalue weighted by Gasteiger charge is 2.26. The van der Waals surface area contributed by atoms with Gasteiger partial charge in [0.25, 0.3) is 0 Å². The Bertz CT molecular complexity index is 175.